The molecular formula is C16H14FN3. The molecule has 1 atom stereocenters. The molecule has 1 heterocycles. The molecule has 0 aliphatic heterocycles. The molecule has 0 bridgehead atoms. The van der Waals surface area contributed by atoms with E-state index < -0.39 is 0 Å². The summed E-state index contributed by atoms with van der Waals surface area (Å²) in [6.45, 7) is 2.04. The predicted octanol–water partition coefficient (Wildman–Crippen LogP) is 3.94. The van der Waals surface area contributed by atoms with Crippen molar-refractivity contribution in [2.75, 3.05) is 5.32 Å². The molecule has 3 rings (SSSR count). The van der Waals surface area contributed by atoms with E-state index in [4.69, 9.17) is 0 Å². The summed E-state index contributed by atoms with van der Waals surface area (Å²) in [5.41, 5.74) is 1.49. The van der Waals surface area contributed by atoms with E-state index in [1.165, 1.54) is 12.4 Å². The van der Waals surface area contributed by atoms with Crippen LogP contribution in [-0.2, 0) is 0 Å². The summed E-state index contributed by atoms with van der Waals surface area (Å²) in [5.74, 6) is 0.311. The van der Waals surface area contributed by atoms with Gasteiger partial charge in [0.15, 0.2) is 0 Å². The lowest BCUT2D eigenvalue weighted by Crippen LogP contribution is -2.08. The average molecular weight is 267 g/mol. The van der Waals surface area contributed by atoms with E-state index in [9.17, 15) is 4.39 Å². The molecule has 20 heavy (non-hydrogen) atoms. The molecule has 0 saturated heterocycles. The Hall–Kier alpha value is -2.49. The first-order valence-corrected chi connectivity index (χ1v) is 6.46. The van der Waals surface area contributed by atoms with E-state index in [1.807, 2.05) is 43.3 Å². The van der Waals surface area contributed by atoms with Crippen LogP contribution in [0.5, 0.6) is 0 Å². The summed E-state index contributed by atoms with van der Waals surface area (Å²) in [7, 11) is 0. The van der Waals surface area contributed by atoms with Gasteiger partial charge >= 0.3 is 0 Å². The monoisotopic (exact) mass is 267 g/mol. The SMILES string of the molecule is CC(Nc1ncnc2c(F)cccc12)c1ccccc1. The topological polar surface area (TPSA) is 37.8 Å². The van der Waals surface area contributed by atoms with Crippen molar-refractivity contribution < 1.29 is 4.39 Å². The second kappa shape index (κ2) is 5.25. The molecule has 1 aromatic heterocycles. The quantitative estimate of drug-likeness (QED) is 0.781. The highest BCUT2D eigenvalue weighted by molar-refractivity contribution is 5.89. The maximum absolute atomic E-state index is 13.7. The van der Waals surface area contributed by atoms with Crippen LogP contribution in [0.3, 0.4) is 0 Å². The van der Waals surface area contributed by atoms with Crippen molar-refractivity contribution >= 4 is 16.7 Å². The van der Waals surface area contributed by atoms with Crippen LogP contribution >= 0.6 is 0 Å². The fraction of sp³-hybridized carbons (Fsp3) is 0.125. The van der Waals surface area contributed by atoms with Gasteiger partial charge in [0.05, 0.1) is 0 Å². The van der Waals surface area contributed by atoms with Crippen molar-refractivity contribution in [3.8, 4) is 0 Å². The van der Waals surface area contributed by atoms with Gasteiger partial charge in [-0.3, -0.25) is 0 Å². The largest absolute Gasteiger partial charge is 0.363 e. The van der Waals surface area contributed by atoms with Crippen molar-refractivity contribution in [1.82, 2.24) is 9.97 Å². The number of hydrogen-bond donors (Lipinski definition) is 1. The smallest absolute Gasteiger partial charge is 0.149 e. The first kappa shape index (κ1) is 12.5. The van der Waals surface area contributed by atoms with E-state index >= 15 is 0 Å². The third-order valence-corrected chi connectivity index (χ3v) is 3.27. The lowest BCUT2D eigenvalue weighted by atomic mass is 10.1. The lowest BCUT2D eigenvalue weighted by molar-refractivity contribution is 0.636. The molecule has 3 aromatic rings. The minimum absolute atomic E-state index is 0.0811. The Balaban J connectivity index is 1.97. The summed E-state index contributed by atoms with van der Waals surface area (Å²) in [6, 6.07) is 15.0. The van der Waals surface area contributed by atoms with Crippen LogP contribution in [0.1, 0.15) is 18.5 Å². The van der Waals surface area contributed by atoms with E-state index in [0.717, 1.165) is 5.56 Å². The standard InChI is InChI=1S/C16H14FN3/c1-11(12-6-3-2-4-7-12)20-16-13-8-5-9-14(17)15(13)18-10-19-16/h2-11H,1H3,(H,18,19,20). The number of hydrogen-bond acceptors (Lipinski definition) is 3. The van der Waals surface area contributed by atoms with Crippen molar-refractivity contribution in [2.45, 2.75) is 13.0 Å². The average Bonchev–Trinajstić information content (AvgIpc) is 2.49. The second-order valence-corrected chi connectivity index (χ2v) is 4.63. The number of nitrogens with zero attached hydrogens (tertiary/aromatic N) is 2. The second-order valence-electron chi connectivity index (χ2n) is 4.63. The number of anilines is 1. The third-order valence-electron chi connectivity index (χ3n) is 3.27. The van der Waals surface area contributed by atoms with Gasteiger partial charge in [-0.15, -0.1) is 0 Å². The molecule has 0 saturated carbocycles. The van der Waals surface area contributed by atoms with Crippen LogP contribution in [0.25, 0.3) is 10.9 Å². The minimum atomic E-state index is -0.333. The third kappa shape index (κ3) is 2.32. The van der Waals surface area contributed by atoms with Gasteiger partial charge in [-0.25, -0.2) is 14.4 Å². The van der Waals surface area contributed by atoms with Gasteiger partial charge in [-0.1, -0.05) is 36.4 Å². The Labute approximate surface area is 116 Å². The fourth-order valence-corrected chi connectivity index (χ4v) is 2.20. The van der Waals surface area contributed by atoms with E-state index in [2.05, 4.69) is 15.3 Å². The Morgan fingerprint density at radius 1 is 1.00 bits per heavy atom. The van der Waals surface area contributed by atoms with Crippen LogP contribution in [0.4, 0.5) is 10.2 Å². The number of nitrogens with one attached hydrogen (secondary N) is 1. The van der Waals surface area contributed by atoms with Gasteiger partial charge in [0.1, 0.15) is 23.5 Å². The minimum Gasteiger partial charge on any atom is -0.363 e. The summed E-state index contributed by atoms with van der Waals surface area (Å²) in [4.78, 5) is 8.22. The maximum atomic E-state index is 13.7. The Bertz CT molecular complexity index is 728. The lowest BCUT2D eigenvalue weighted by Gasteiger charge is -2.16. The molecule has 0 fully saturated rings. The Morgan fingerprint density at radius 2 is 1.80 bits per heavy atom. The number of rotatable bonds is 3. The van der Waals surface area contributed by atoms with Gasteiger partial charge in [0.25, 0.3) is 0 Å². The summed E-state index contributed by atoms with van der Waals surface area (Å²) < 4.78 is 13.7. The maximum Gasteiger partial charge on any atom is 0.149 e. The normalized spacial score (nSPS) is 12.3. The van der Waals surface area contributed by atoms with Crippen molar-refractivity contribution in [2.24, 2.45) is 0 Å². The molecular weight excluding hydrogens is 253 g/mol. The highest BCUT2D eigenvalue weighted by Gasteiger charge is 2.10. The van der Waals surface area contributed by atoms with Crippen LogP contribution in [0.15, 0.2) is 54.9 Å². The number of benzene rings is 2. The van der Waals surface area contributed by atoms with E-state index in [0.29, 0.717) is 16.7 Å². The first-order chi connectivity index (χ1) is 9.75. The number of para-hydroxylation sites is 1. The highest BCUT2D eigenvalue weighted by atomic mass is 19.1. The number of aromatic nitrogens is 2. The van der Waals surface area contributed by atoms with Crippen LogP contribution < -0.4 is 5.32 Å². The molecule has 1 unspecified atom stereocenters. The molecule has 2 aromatic carbocycles. The van der Waals surface area contributed by atoms with Gasteiger partial charge in [-0.05, 0) is 24.6 Å². The van der Waals surface area contributed by atoms with Crippen molar-refractivity contribution in [3.05, 3.63) is 66.2 Å². The first-order valence-electron chi connectivity index (χ1n) is 6.46. The molecule has 100 valence electrons. The highest BCUT2D eigenvalue weighted by Crippen LogP contribution is 2.25. The molecule has 1 N–H and O–H groups in total. The molecule has 0 aliphatic rings. The zero-order chi connectivity index (χ0) is 13.9. The van der Waals surface area contributed by atoms with E-state index in [1.54, 1.807) is 6.07 Å². The van der Waals surface area contributed by atoms with Crippen molar-refractivity contribution in [1.29, 1.82) is 0 Å². The van der Waals surface area contributed by atoms with Gasteiger partial charge in [0, 0.05) is 11.4 Å². The molecule has 0 amide bonds. The van der Waals surface area contributed by atoms with Crippen molar-refractivity contribution in [3.63, 3.8) is 0 Å². The van der Waals surface area contributed by atoms with Crippen LogP contribution in [0.2, 0.25) is 0 Å². The zero-order valence-corrected chi connectivity index (χ0v) is 11.0. The molecule has 4 heteroatoms. The van der Waals surface area contributed by atoms with Crippen LogP contribution in [-0.4, -0.2) is 9.97 Å². The number of fused-ring (bicyclic) bond motifs is 1. The molecule has 0 aliphatic carbocycles. The predicted molar refractivity (Wildman–Crippen MR) is 78.0 cm³/mol. The summed E-state index contributed by atoms with van der Waals surface area (Å²) in [6.07, 6.45) is 1.38. The summed E-state index contributed by atoms with van der Waals surface area (Å²) in [5, 5.41) is 4.00. The van der Waals surface area contributed by atoms with Crippen LogP contribution in [0, 0.1) is 5.82 Å². The Morgan fingerprint density at radius 3 is 2.60 bits per heavy atom. The van der Waals surface area contributed by atoms with Gasteiger partial charge in [0.2, 0.25) is 0 Å². The number of halogens is 1. The Kier molecular flexibility index (Phi) is 3.29. The van der Waals surface area contributed by atoms with E-state index in [-0.39, 0.29) is 11.9 Å². The zero-order valence-electron chi connectivity index (χ0n) is 11.0. The fourth-order valence-electron chi connectivity index (χ4n) is 2.20. The summed E-state index contributed by atoms with van der Waals surface area (Å²) >= 11 is 0. The molecule has 3 nitrogen and oxygen atoms in total. The van der Waals surface area contributed by atoms with Gasteiger partial charge < -0.3 is 5.32 Å². The molecule has 0 spiro atoms. The molecule has 0 radical (unpaired) electrons. The van der Waals surface area contributed by atoms with Gasteiger partial charge in [-0.2, -0.15) is 0 Å².